The minimum absolute atomic E-state index is 0.880. The third-order valence-electron chi connectivity index (χ3n) is 10.5. The van der Waals surface area contributed by atoms with Crippen LogP contribution in [0.25, 0.3) is 77.2 Å². The highest BCUT2D eigenvalue weighted by molar-refractivity contribution is 5.97. The zero-order valence-corrected chi connectivity index (χ0v) is 29.6. The van der Waals surface area contributed by atoms with Crippen LogP contribution in [0.4, 0.5) is 17.1 Å². The van der Waals surface area contributed by atoms with E-state index in [9.17, 15) is 0 Å². The van der Waals surface area contributed by atoms with E-state index in [0.717, 1.165) is 50.5 Å². The molecule has 0 aliphatic carbocycles. The molecule has 10 rings (SSSR count). The van der Waals surface area contributed by atoms with Crippen LogP contribution < -0.4 is 4.90 Å². The zero-order chi connectivity index (χ0) is 35.8. The van der Waals surface area contributed by atoms with Gasteiger partial charge in [-0.3, -0.25) is 0 Å². The van der Waals surface area contributed by atoms with Crippen molar-refractivity contribution in [3.8, 4) is 44.7 Å². The summed E-state index contributed by atoms with van der Waals surface area (Å²) in [6.07, 6.45) is 0. The Hall–Kier alpha value is -7.16. The fourth-order valence-corrected chi connectivity index (χ4v) is 7.74. The topological polar surface area (TPSA) is 16.4 Å². The molecule has 0 radical (unpaired) electrons. The van der Waals surface area contributed by atoms with Crippen molar-refractivity contribution in [3.63, 3.8) is 0 Å². The molecule has 0 amide bonds. The maximum atomic E-state index is 6.26. The lowest BCUT2D eigenvalue weighted by atomic mass is 9.95. The first-order chi connectivity index (χ1) is 26.7. The van der Waals surface area contributed by atoms with Gasteiger partial charge >= 0.3 is 0 Å². The van der Waals surface area contributed by atoms with Gasteiger partial charge in [0.25, 0.3) is 0 Å². The van der Waals surface area contributed by atoms with Crippen molar-refractivity contribution >= 4 is 49.6 Å². The highest BCUT2D eigenvalue weighted by Gasteiger charge is 2.16. The lowest BCUT2D eigenvalue weighted by molar-refractivity contribution is 0.632. The average Bonchev–Trinajstić information content (AvgIpc) is 3.69. The molecule has 0 saturated carbocycles. The van der Waals surface area contributed by atoms with E-state index in [1.165, 1.54) is 43.8 Å². The second-order valence-electron chi connectivity index (χ2n) is 13.8. The summed E-state index contributed by atoms with van der Waals surface area (Å²) in [5.41, 5.74) is 12.4. The van der Waals surface area contributed by atoms with E-state index >= 15 is 0 Å². The van der Waals surface area contributed by atoms with Crippen molar-refractivity contribution in [3.05, 3.63) is 212 Å². The fourth-order valence-electron chi connectivity index (χ4n) is 7.74. The number of furan rings is 1. The molecular weight excluding hydrogens is 655 g/mol. The predicted octanol–water partition coefficient (Wildman–Crippen LogP) is 14.9. The van der Waals surface area contributed by atoms with Gasteiger partial charge in [-0.2, -0.15) is 0 Å². The molecule has 54 heavy (non-hydrogen) atoms. The quantitative estimate of drug-likeness (QED) is 0.166. The monoisotopic (exact) mass is 689 g/mol. The first kappa shape index (κ1) is 31.6. The van der Waals surface area contributed by atoms with Gasteiger partial charge in [-0.15, -0.1) is 0 Å². The van der Waals surface area contributed by atoms with Crippen LogP contribution in [-0.4, -0.2) is 0 Å². The molecule has 254 valence electrons. The number of anilines is 3. The minimum atomic E-state index is 0.880. The average molecular weight is 690 g/mol. The molecule has 1 aromatic heterocycles. The van der Waals surface area contributed by atoms with Gasteiger partial charge in [-0.05, 0) is 103 Å². The molecule has 10 aromatic rings. The normalized spacial score (nSPS) is 11.3. The van der Waals surface area contributed by atoms with Gasteiger partial charge in [0.15, 0.2) is 0 Å². The van der Waals surface area contributed by atoms with Gasteiger partial charge < -0.3 is 9.32 Å². The second kappa shape index (κ2) is 13.4. The number of nitrogens with zero attached hydrogens (tertiary/aromatic N) is 1. The van der Waals surface area contributed by atoms with Crippen LogP contribution in [0.15, 0.2) is 217 Å². The molecule has 0 N–H and O–H groups in total. The van der Waals surface area contributed by atoms with E-state index in [2.05, 4.69) is 199 Å². The van der Waals surface area contributed by atoms with Crippen LogP contribution in [0, 0.1) is 0 Å². The Morgan fingerprint density at radius 2 is 0.796 bits per heavy atom. The van der Waals surface area contributed by atoms with Crippen molar-refractivity contribution in [1.82, 2.24) is 0 Å². The molecule has 1 heterocycles. The maximum absolute atomic E-state index is 6.26. The number of fused-ring (bicyclic) bond motifs is 3. The van der Waals surface area contributed by atoms with E-state index < -0.39 is 0 Å². The van der Waals surface area contributed by atoms with Crippen LogP contribution in [-0.2, 0) is 0 Å². The third-order valence-corrected chi connectivity index (χ3v) is 10.5. The second-order valence-corrected chi connectivity index (χ2v) is 13.8. The summed E-state index contributed by atoms with van der Waals surface area (Å²) < 4.78 is 6.26. The minimum Gasteiger partial charge on any atom is -0.456 e. The van der Waals surface area contributed by atoms with Gasteiger partial charge in [0, 0.05) is 28.0 Å². The number of hydrogen-bond donors (Lipinski definition) is 0. The smallest absolute Gasteiger partial charge is 0.136 e. The fraction of sp³-hybridized carbons (Fsp3) is 0. The molecular formula is C52H35NO. The number of hydrogen-bond acceptors (Lipinski definition) is 2. The van der Waals surface area contributed by atoms with E-state index in [0.29, 0.717) is 0 Å². The molecule has 0 unspecified atom stereocenters. The standard InChI is InChI=1S/C52H35NO/c1-2-12-42-34-46(33-26-36(42)10-1)53(45-31-27-41(28-32-45)48-18-9-14-39-11-3-5-15-47(39)48)44-29-24-38(25-30-44)37-20-22-40(23-21-37)49-16-6-7-17-50(49)52-35-43-13-4-8-19-51(43)54-52/h1-35H. The molecule has 0 bridgehead atoms. The summed E-state index contributed by atoms with van der Waals surface area (Å²) in [5, 5.41) is 6.06. The Morgan fingerprint density at radius 3 is 1.54 bits per heavy atom. The molecule has 0 spiro atoms. The van der Waals surface area contributed by atoms with Gasteiger partial charge in [0.1, 0.15) is 11.3 Å². The van der Waals surface area contributed by atoms with E-state index in [1.54, 1.807) is 0 Å². The lowest BCUT2D eigenvalue weighted by Gasteiger charge is -2.26. The SMILES string of the molecule is c1ccc(-c2cc3ccccc3o2)c(-c2ccc(-c3ccc(N(c4ccc(-c5cccc6ccccc56)cc4)c4ccc5ccccc5c4)cc3)cc2)c1. The molecule has 0 fully saturated rings. The highest BCUT2D eigenvalue weighted by atomic mass is 16.3. The van der Waals surface area contributed by atoms with Crippen LogP contribution in [0.3, 0.4) is 0 Å². The number of para-hydroxylation sites is 1. The van der Waals surface area contributed by atoms with Gasteiger partial charge in [0.2, 0.25) is 0 Å². The van der Waals surface area contributed by atoms with E-state index in [4.69, 9.17) is 4.42 Å². The van der Waals surface area contributed by atoms with Crippen molar-refractivity contribution < 1.29 is 4.42 Å². The van der Waals surface area contributed by atoms with Gasteiger partial charge in [0.05, 0.1) is 0 Å². The predicted molar refractivity (Wildman–Crippen MR) is 228 cm³/mol. The first-order valence-electron chi connectivity index (χ1n) is 18.4. The van der Waals surface area contributed by atoms with Crippen LogP contribution in [0.5, 0.6) is 0 Å². The number of rotatable bonds is 7. The summed E-state index contributed by atoms with van der Waals surface area (Å²) in [6.45, 7) is 0. The third kappa shape index (κ3) is 5.81. The highest BCUT2D eigenvalue weighted by Crippen LogP contribution is 2.40. The Balaban J connectivity index is 0.982. The van der Waals surface area contributed by atoms with Crippen LogP contribution >= 0.6 is 0 Å². The Kier molecular flexibility index (Phi) is 7.85. The van der Waals surface area contributed by atoms with Crippen molar-refractivity contribution in [2.45, 2.75) is 0 Å². The molecule has 0 atom stereocenters. The molecule has 0 aliphatic rings. The summed E-state index contributed by atoms with van der Waals surface area (Å²) >= 11 is 0. The van der Waals surface area contributed by atoms with Crippen molar-refractivity contribution in [2.75, 3.05) is 4.90 Å². The summed E-state index contributed by atoms with van der Waals surface area (Å²) in [5.74, 6) is 0.880. The van der Waals surface area contributed by atoms with Gasteiger partial charge in [-0.25, -0.2) is 0 Å². The Morgan fingerprint density at radius 1 is 0.296 bits per heavy atom. The maximum Gasteiger partial charge on any atom is 0.136 e. The molecule has 2 nitrogen and oxygen atoms in total. The van der Waals surface area contributed by atoms with Crippen molar-refractivity contribution in [1.29, 1.82) is 0 Å². The number of benzene rings is 9. The lowest BCUT2D eigenvalue weighted by Crippen LogP contribution is -2.09. The zero-order valence-electron chi connectivity index (χ0n) is 29.6. The Bertz CT molecular complexity index is 2880. The summed E-state index contributed by atoms with van der Waals surface area (Å²) in [4.78, 5) is 2.35. The summed E-state index contributed by atoms with van der Waals surface area (Å²) in [6, 6.07) is 75.9. The van der Waals surface area contributed by atoms with Crippen LogP contribution in [0.1, 0.15) is 0 Å². The summed E-state index contributed by atoms with van der Waals surface area (Å²) in [7, 11) is 0. The van der Waals surface area contributed by atoms with E-state index in [-0.39, 0.29) is 0 Å². The molecule has 0 saturated heterocycles. The molecule has 0 aliphatic heterocycles. The molecule has 9 aromatic carbocycles. The molecule has 2 heteroatoms. The first-order valence-corrected chi connectivity index (χ1v) is 18.4. The Labute approximate surface area is 314 Å². The van der Waals surface area contributed by atoms with Gasteiger partial charge in [-0.1, -0.05) is 164 Å². The van der Waals surface area contributed by atoms with Crippen molar-refractivity contribution in [2.24, 2.45) is 0 Å². The largest absolute Gasteiger partial charge is 0.456 e. The van der Waals surface area contributed by atoms with Crippen LogP contribution in [0.2, 0.25) is 0 Å². The van der Waals surface area contributed by atoms with E-state index in [1.807, 2.05) is 18.2 Å².